The van der Waals surface area contributed by atoms with Crippen molar-refractivity contribution in [3.8, 4) is 0 Å². The van der Waals surface area contributed by atoms with E-state index in [0.29, 0.717) is 17.2 Å². The Morgan fingerprint density at radius 1 is 1.39 bits per heavy atom. The van der Waals surface area contributed by atoms with E-state index in [1.165, 1.54) is 22.6 Å². The van der Waals surface area contributed by atoms with Gasteiger partial charge in [0.2, 0.25) is 0 Å². The van der Waals surface area contributed by atoms with Crippen molar-refractivity contribution in [1.29, 1.82) is 0 Å². The topological polar surface area (TPSA) is 24.1 Å². The molecule has 0 bridgehead atoms. The van der Waals surface area contributed by atoms with Crippen molar-refractivity contribution in [2.45, 2.75) is 49.3 Å². The molecule has 2 atom stereocenters. The molecule has 0 aromatic heterocycles. The van der Waals surface area contributed by atoms with Crippen LogP contribution in [0.5, 0.6) is 0 Å². The first-order valence-electron chi connectivity index (χ1n) is 6.84. The average molecular weight is 264 g/mol. The summed E-state index contributed by atoms with van der Waals surface area (Å²) in [5.74, 6) is 0.578. The van der Waals surface area contributed by atoms with Crippen LogP contribution in [0, 0.1) is 0 Å². The molecule has 1 aromatic rings. The third-order valence-electron chi connectivity index (χ3n) is 3.57. The first-order valence-corrected chi connectivity index (χ1v) is 7.72. The van der Waals surface area contributed by atoms with E-state index >= 15 is 0 Å². The third-order valence-corrected chi connectivity index (χ3v) is 5.11. The zero-order valence-corrected chi connectivity index (χ0v) is 12.6. The minimum absolute atomic E-state index is 0.538. The molecular weight excluding hydrogens is 240 g/mol. The van der Waals surface area contributed by atoms with Gasteiger partial charge in [0, 0.05) is 16.2 Å². The molecule has 1 heterocycles. The fourth-order valence-corrected chi connectivity index (χ4v) is 3.75. The zero-order chi connectivity index (χ0) is 13.1. The number of rotatable bonds is 4. The van der Waals surface area contributed by atoms with Crippen molar-refractivity contribution in [1.82, 2.24) is 5.32 Å². The molecule has 0 spiro atoms. The first-order chi connectivity index (χ1) is 8.63. The maximum atomic E-state index is 3.72. The number of para-hydroxylation sites is 1. The number of hydrogen-bond donors (Lipinski definition) is 2. The molecule has 2 N–H and O–H groups in total. The van der Waals surface area contributed by atoms with Gasteiger partial charge in [-0.2, -0.15) is 0 Å². The first kappa shape index (κ1) is 13.8. The molecular formula is C15H24N2S. The van der Waals surface area contributed by atoms with Crippen molar-refractivity contribution >= 4 is 17.4 Å². The van der Waals surface area contributed by atoms with Gasteiger partial charge in [0.25, 0.3) is 0 Å². The predicted molar refractivity (Wildman–Crippen MR) is 81.8 cm³/mol. The number of benzene rings is 1. The van der Waals surface area contributed by atoms with E-state index in [1.54, 1.807) is 0 Å². The second kappa shape index (κ2) is 5.98. The van der Waals surface area contributed by atoms with Crippen molar-refractivity contribution in [2.75, 3.05) is 18.9 Å². The molecule has 1 aliphatic heterocycles. The van der Waals surface area contributed by atoms with Gasteiger partial charge in [0.05, 0.1) is 5.69 Å². The van der Waals surface area contributed by atoms with E-state index in [0.717, 1.165) is 6.54 Å². The van der Waals surface area contributed by atoms with Crippen molar-refractivity contribution in [3.05, 3.63) is 23.8 Å². The molecule has 3 heteroatoms. The van der Waals surface area contributed by atoms with Gasteiger partial charge < -0.3 is 10.6 Å². The predicted octanol–water partition coefficient (Wildman–Crippen LogP) is 3.69. The molecule has 1 aliphatic rings. The number of thioether (sulfide) groups is 1. The van der Waals surface area contributed by atoms with Gasteiger partial charge in [-0.3, -0.25) is 0 Å². The lowest BCUT2D eigenvalue weighted by atomic mass is 10.00. The molecule has 0 aliphatic carbocycles. The summed E-state index contributed by atoms with van der Waals surface area (Å²) >= 11 is 2.03. The van der Waals surface area contributed by atoms with Crippen molar-refractivity contribution < 1.29 is 0 Å². The standard InChI is InChI=1S/C15H24N2S/c1-10(2)12-6-5-7-14-15(12)17-11(3)13(18-14)8-9-16-4/h5-7,10-11,13,16-17H,8-9H2,1-4H3. The highest BCUT2D eigenvalue weighted by molar-refractivity contribution is 8.00. The quantitative estimate of drug-likeness (QED) is 0.867. The van der Waals surface area contributed by atoms with Crippen LogP contribution in [0.2, 0.25) is 0 Å². The third kappa shape index (κ3) is 2.83. The van der Waals surface area contributed by atoms with Gasteiger partial charge in [-0.1, -0.05) is 26.0 Å². The van der Waals surface area contributed by atoms with Crippen LogP contribution in [0.15, 0.2) is 23.1 Å². The van der Waals surface area contributed by atoms with E-state index in [1.807, 2.05) is 18.8 Å². The maximum absolute atomic E-state index is 3.72. The summed E-state index contributed by atoms with van der Waals surface area (Å²) < 4.78 is 0. The molecule has 0 radical (unpaired) electrons. The normalized spacial score (nSPS) is 22.7. The SMILES string of the molecule is CNCCC1Sc2cccc(C(C)C)c2NC1C. The Morgan fingerprint density at radius 2 is 2.17 bits per heavy atom. The summed E-state index contributed by atoms with van der Waals surface area (Å²) in [4.78, 5) is 1.42. The average Bonchev–Trinajstić information content (AvgIpc) is 2.35. The van der Waals surface area contributed by atoms with Crippen LogP contribution in [0.4, 0.5) is 5.69 Å². The molecule has 18 heavy (non-hydrogen) atoms. The van der Waals surface area contributed by atoms with Gasteiger partial charge in [0.15, 0.2) is 0 Å². The highest BCUT2D eigenvalue weighted by Crippen LogP contribution is 2.42. The smallest absolute Gasteiger partial charge is 0.0516 e. The van der Waals surface area contributed by atoms with Crippen molar-refractivity contribution in [3.63, 3.8) is 0 Å². The van der Waals surface area contributed by atoms with Crippen LogP contribution in [-0.2, 0) is 0 Å². The largest absolute Gasteiger partial charge is 0.380 e. The molecule has 1 aromatic carbocycles. The molecule has 2 nitrogen and oxygen atoms in total. The van der Waals surface area contributed by atoms with Crippen molar-refractivity contribution in [2.24, 2.45) is 0 Å². The van der Waals surface area contributed by atoms with E-state index < -0.39 is 0 Å². The molecule has 100 valence electrons. The Balaban J connectivity index is 2.22. The lowest BCUT2D eigenvalue weighted by Crippen LogP contribution is -2.34. The van der Waals surface area contributed by atoms with Gasteiger partial charge in [0.1, 0.15) is 0 Å². The summed E-state index contributed by atoms with van der Waals surface area (Å²) in [5, 5.41) is 7.63. The number of hydrogen-bond acceptors (Lipinski definition) is 3. The fraction of sp³-hybridized carbons (Fsp3) is 0.600. The van der Waals surface area contributed by atoms with Crippen LogP contribution in [0.1, 0.15) is 38.7 Å². The molecule has 0 saturated heterocycles. The van der Waals surface area contributed by atoms with Crippen LogP contribution in [0.3, 0.4) is 0 Å². The summed E-state index contributed by atoms with van der Waals surface area (Å²) in [6.07, 6.45) is 1.21. The van der Waals surface area contributed by atoms with Gasteiger partial charge in [-0.05, 0) is 44.5 Å². The Hall–Kier alpha value is -0.670. The number of fused-ring (bicyclic) bond motifs is 1. The lowest BCUT2D eigenvalue weighted by Gasteiger charge is -2.34. The Labute approximate surface area is 115 Å². The lowest BCUT2D eigenvalue weighted by molar-refractivity contribution is 0.632. The van der Waals surface area contributed by atoms with Gasteiger partial charge >= 0.3 is 0 Å². The highest BCUT2D eigenvalue weighted by atomic mass is 32.2. The van der Waals surface area contributed by atoms with Crippen LogP contribution < -0.4 is 10.6 Å². The Morgan fingerprint density at radius 3 is 2.83 bits per heavy atom. The summed E-state index contributed by atoms with van der Waals surface area (Å²) in [6, 6.07) is 7.22. The van der Waals surface area contributed by atoms with Gasteiger partial charge in [-0.25, -0.2) is 0 Å². The maximum Gasteiger partial charge on any atom is 0.0516 e. The minimum atomic E-state index is 0.538. The Bertz CT molecular complexity index is 403. The van der Waals surface area contributed by atoms with Crippen LogP contribution in [0.25, 0.3) is 0 Å². The molecule has 0 amide bonds. The fourth-order valence-electron chi connectivity index (χ4n) is 2.46. The van der Waals surface area contributed by atoms with E-state index in [9.17, 15) is 0 Å². The summed E-state index contributed by atoms with van der Waals surface area (Å²) in [6.45, 7) is 7.91. The zero-order valence-electron chi connectivity index (χ0n) is 11.8. The van der Waals surface area contributed by atoms with E-state index in [-0.39, 0.29) is 0 Å². The minimum Gasteiger partial charge on any atom is -0.380 e. The second-order valence-corrected chi connectivity index (χ2v) is 6.64. The number of nitrogens with one attached hydrogen (secondary N) is 2. The summed E-state index contributed by atoms with van der Waals surface area (Å²) in [7, 11) is 2.02. The van der Waals surface area contributed by atoms with Gasteiger partial charge in [-0.15, -0.1) is 11.8 Å². The van der Waals surface area contributed by atoms with E-state index in [2.05, 4.69) is 49.6 Å². The monoisotopic (exact) mass is 264 g/mol. The molecule has 2 unspecified atom stereocenters. The highest BCUT2D eigenvalue weighted by Gasteiger charge is 2.26. The molecule has 0 saturated carbocycles. The molecule has 0 fully saturated rings. The second-order valence-electron chi connectivity index (χ2n) is 5.36. The van der Waals surface area contributed by atoms with E-state index in [4.69, 9.17) is 0 Å². The Kier molecular flexibility index (Phi) is 4.57. The molecule has 2 rings (SSSR count). The number of anilines is 1. The summed E-state index contributed by atoms with van der Waals surface area (Å²) in [5.41, 5.74) is 2.81. The van der Waals surface area contributed by atoms with Crippen LogP contribution in [-0.4, -0.2) is 24.9 Å². The van der Waals surface area contributed by atoms with Crippen LogP contribution >= 0.6 is 11.8 Å².